The third kappa shape index (κ3) is 3.47. The highest BCUT2D eigenvalue weighted by Crippen LogP contribution is 2.35. The van der Waals surface area contributed by atoms with Crippen LogP contribution in [0.3, 0.4) is 0 Å². The molecule has 0 saturated carbocycles. The van der Waals surface area contributed by atoms with E-state index in [-0.39, 0.29) is 6.04 Å². The third-order valence-electron chi connectivity index (χ3n) is 5.37. The van der Waals surface area contributed by atoms with E-state index in [1.165, 1.54) is 0 Å². The van der Waals surface area contributed by atoms with E-state index >= 15 is 0 Å². The van der Waals surface area contributed by atoms with Crippen molar-refractivity contribution in [3.05, 3.63) is 35.7 Å². The van der Waals surface area contributed by atoms with Gasteiger partial charge in [-0.3, -0.25) is 0 Å². The minimum absolute atomic E-state index is 0.0996. The van der Waals surface area contributed by atoms with Crippen molar-refractivity contribution in [2.45, 2.75) is 26.3 Å². The van der Waals surface area contributed by atoms with Crippen molar-refractivity contribution in [1.29, 1.82) is 0 Å². The Balaban J connectivity index is 1.79. The molecule has 0 bridgehead atoms. The molecule has 3 aromatic rings. The summed E-state index contributed by atoms with van der Waals surface area (Å²) >= 11 is 0. The molecular formula is C21H25N5O4. The average Bonchev–Trinajstić information content (AvgIpc) is 3.30. The van der Waals surface area contributed by atoms with Gasteiger partial charge < -0.3 is 24.8 Å². The van der Waals surface area contributed by atoms with Crippen molar-refractivity contribution in [3.63, 3.8) is 0 Å². The highest BCUT2D eigenvalue weighted by atomic mass is 16.5. The fourth-order valence-corrected chi connectivity index (χ4v) is 4.05. The molecule has 1 aliphatic rings. The highest BCUT2D eigenvalue weighted by molar-refractivity contribution is 5.77. The van der Waals surface area contributed by atoms with Crippen LogP contribution >= 0.6 is 0 Å². The topological polar surface area (TPSA) is 101 Å². The standard InChI is InChI=1S/C21H25N5O4/c1-12-9-16(25-8-7-15(11-25)23-21(27)28)20-22-13(2)19(26(20)24-12)14-5-6-17(29-3)18(10-14)30-4/h5-6,9-10,15,23H,7-8,11H2,1-4H3,(H,27,28)/t15-/m1/s1. The molecule has 2 N–H and O–H groups in total. The maximum Gasteiger partial charge on any atom is 0.404 e. The zero-order chi connectivity index (χ0) is 21.4. The van der Waals surface area contributed by atoms with Crippen LogP contribution in [-0.2, 0) is 0 Å². The summed E-state index contributed by atoms with van der Waals surface area (Å²) in [5.41, 5.74) is 5.21. The number of ether oxygens (including phenoxy) is 2. The Morgan fingerprint density at radius 2 is 1.97 bits per heavy atom. The number of anilines is 1. The number of nitrogens with one attached hydrogen (secondary N) is 1. The largest absolute Gasteiger partial charge is 0.493 e. The highest BCUT2D eigenvalue weighted by Gasteiger charge is 2.27. The number of carbonyl (C=O) groups is 1. The number of methoxy groups -OCH3 is 2. The van der Waals surface area contributed by atoms with Gasteiger partial charge in [0, 0.05) is 18.7 Å². The maximum atomic E-state index is 11.0. The van der Waals surface area contributed by atoms with Gasteiger partial charge in [-0.25, -0.2) is 14.3 Å². The van der Waals surface area contributed by atoms with Crippen LogP contribution in [0.2, 0.25) is 0 Å². The number of aryl methyl sites for hydroxylation is 2. The first-order chi connectivity index (χ1) is 14.4. The van der Waals surface area contributed by atoms with Gasteiger partial charge in [0.15, 0.2) is 17.1 Å². The van der Waals surface area contributed by atoms with Crippen LogP contribution in [0, 0.1) is 13.8 Å². The van der Waals surface area contributed by atoms with Crippen LogP contribution in [0.25, 0.3) is 16.9 Å². The molecule has 30 heavy (non-hydrogen) atoms. The summed E-state index contributed by atoms with van der Waals surface area (Å²) in [5.74, 6) is 1.30. The number of benzene rings is 1. The number of imidazole rings is 1. The van der Waals surface area contributed by atoms with Crippen LogP contribution in [-0.4, -0.2) is 59.1 Å². The molecule has 1 fully saturated rings. The van der Waals surface area contributed by atoms with Crippen LogP contribution in [0.1, 0.15) is 17.8 Å². The van der Waals surface area contributed by atoms with Crippen LogP contribution < -0.4 is 19.7 Å². The number of fused-ring (bicyclic) bond motifs is 1. The maximum absolute atomic E-state index is 11.0. The Labute approximate surface area is 174 Å². The van der Waals surface area contributed by atoms with Gasteiger partial charge in [-0.05, 0) is 44.5 Å². The first-order valence-corrected chi connectivity index (χ1v) is 9.75. The van der Waals surface area contributed by atoms with Crippen molar-refractivity contribution < 1.29 is 19.4 Å². The van der Waals surface area contributed by atoms with E-state index in [0.29, 0.717) is 18.0 Å². The predicted molar refractivity (Wildman–Crippen MR) is 113 cm³/mol. The van der Waals surface area contributed by atoms with E-state index in [1.54, 1.807) is 14.2 Å². The Morgan fingerprint density at radius 1 is 1.20 bits per heavy atom. The number of carboxylic acid groups (broad SMARTS) is 1. The summed E-state index contributed by atoms with van der Waals surface area (Å²) in [6, 6.07) is 7.65. The Hall–Kier alpha value is -3.49. The second-order valence-electron chi connectivity index (χ2n) is 7.40. The van der Waals surface area contributed by atoms with E-state index in [1.807, 2.05) is 42.6 Å². The van der Waals surface area contributed by atoms with Crippen molar-refractivity contribution in [3.8, 4) is 22.8 Å². The summed E-state index contributed by atoms with van der Waals surface area (Å²) in [5, 5.41) is 16.3. The SMILES string of the molecule is COc1ccc(-c2c(C)nc3c(N4CC[C@@H](NC(=O)O)C4)cc(C)nn23)cc1OC. The van der Waals surface area contributed by atoms with Gasteiger partial charge in [-0.1, -0.05) is 0 Å². The smallest absolute Gasteiger partial charge is 0.404 e. The molecule has 2 aromatic heterocycles. The van der Waals surface area contributed by atoms with Crippen LogP contribution in [0.15, 0.2) is 24.3 Å². The molecule has 0 unspecified atom stereocenters. The van der Waals surface area contributed by atoms with E-state index < -0.39 is 6.09 Å². The first-order valence-electron chi connectivity index (χ1n) is 9.75. The number of nitrogens with zero attached hydrogens (tertiary/aromatic N) is 4. The normalized spacial score (nSPS) is 16.1. The Kier molecular flexibility index (Phi) is 5.11. The van der Waals surface area contributed by atoms with Crippen LogP contribution in [0.4, 0.5) is 10.5 Å². The average molecular weight is 411 g/mol. The molecule has 1 saturated heterocycles. The molecule has 3 heterocycles. The molecule has 4 rings (SSSR count). The van der Waals surface area contributed by atoms with E-state index in [9.17, 15) is 4.79 Å². The lowest BCUT2D eigenvalue weighted by atomic mass is 10.1. The fraction of sp³-hybridized carbons (Fsp3) is 0.381. The number of hydrogen-bond donors (Lipinski definition) is 2. The second kappa shape index (κ2) is 7.74. The molecule has 1 aromatic carbocycles. The monoisotopic (exact) mass is 411 g/mol. The summed E-state index contributed by atoms with van der Waals surface area (Å²) < 4.78 is 12.7. The zero-order valence-corrected chi connectivity index (χ0v) is 17.5. The lowest BCUT2D eigenvalue weighted by Crippen LogP contribution is -2.36. The number of amides is 1. The Bertz CT molecular complexity index is 1110. The van der Waals surface area contributed by atoms with Crippen molar-refractivity contribution in [1.82, 2.24) is 19.9 Å². The molecule has 1 amide bonds. The molecule has 1 atom stereocenters. The van der Waals surface area contributed by atoms with Gasteiger partial charge in [-0.2, -0.15) is 5.10 Å². The summed E-state index contributed by atoms with van der Waals surface area (Å²) in [6.07, 6.45) is -0.243. The molecule has 1 aliphatic heterocycles. The van der Waals surface area contributed by atoms with Crippen LogP contribution in [0.5, 0.6) is 11.5 Å². The minimum atomic E-state index is -0.995. The van der Waals surface area contributed by atoms with E-state index in [2.05, 4.69) is 10.2 Å². The molecule has 0 radical (unpaired) electrons. The molecule has 0 spiro atoms. The molecular weight excluding hydrogens is 386 g/mol. The lowest BCUT2D eigenvalue weighted by molar-refractivity contribution is 0.191. The Morgan fingerprint density at radius 3 is 2.67 bits per heavy atom. The quantitative estimate of drug-likeness (QED) is 0.666. The molecule has 158 valence electrons. The van der Waals surface area contributed by atoms with Gasteiger partial charge in [0.1, 0.15) is 0 Å². The third-order valence-corrected chi connectivity index (χ3v) is 5.37. The lowest BCUT2D eigenvalue weighted by Gasteiger charge is -2.20. The van der Waals surface area contributed by atoms with Crippen molar-refractivity contribution in [2.75, 3.05) is 32.2 Å². The minimum Gasteiger partial charge on any atom is -0.493 e. The summed E-state index contributed by atoms with van der Waals surface area (Å²) in [4.78, 5) is 18.0. The summed E-state index contributed by atoms with van der Waals surface area (Å²) in [7, 11) is 3.22. The van der Waals surface area contributed by atoms with Gasteiger partial charge >= 0.3 is 6.09 Å². The molecule has 9 nitrogen and oxygen atoms in total. The summed E-state index contributed by atoms with van der Waals surface area (Å²) in [6.45, 7) is 5.25. The van der Waals surface area contributed by atoms with Gasteiger partial charge in [-0.15, -0.1) is 0 Å². The zero-order valence-electron chi connectivity index (χ0n) is 17.5. The second-order valence-corrected chi connectivity index (χ2v) is 7.40. The van der Waals surface area contributed by atoms with Crippen molar-refractivity contribution >= 4 is 17.4 Å². The number of hydrogen-bond acceptors (Lipinski definition) is 6. The van der Waals surface area contributed by atoms with Gasteiger partial charge in [0.2, 0.25) is 0 Å². The first kappa shape index (κ1) is 19.8. The van der Waals surface area contributed by atoms with Gasteiger partial charge in [0.25, 0.3) is 0 Å². The van der Waals surface area contributed by atoms with E-state index in [0.717, 1.165) is 46.9 Å². The van der Waals surface area contributed by atoms with Gasteiger partial charge in [0.05, 0.1) is 43.0 Å². The number of aromatic nitrogens is 3. The molecule has 0 aliphatic carbocycles. The predicted octanol–water partition coefficient (Wildman–Crippen LogP) is 2.88. The van der Waals surface area contributed by atoms with Crippen molar-refractivity contribution in [2.24, 2.45) is 0 Å². The number of rotatable bonds is 5. The molecule has 9 heteroatoms. The van der Waals surface area contributed by atoms with E-state index in [4.69, 9.17) is 24.7 Å². The fourth-order valence-electron chi connectivity index (χ4n) is 4.05.